The van der Waals surface area contributed by atoms with E-state index in [1.54, 1.807) is 0 Å². The van der Waals surface area contributed by atoms with Crippen LogP contribution in [0.15, 0.2) is 0 Å². The zero-order valence-electron chi connectivity index (χ0n) is 6.89. The number of imidazole rings is 1. The summed E-state index contributed by atoms with van der Waals surface area (Å²) < 4.78 is 2.09. The van der Waals surface area contributed by atoms with Crippen molar-refractivity contribution < 1.29 is 0 Å². The second kappa shape index (κ2) is 3.10. The van der Waals surface area contributed by atoms with Gasteiger partial charge in [0.15, 0.2) is 0 Å². The van der Waals surface area contributed by atoms with Crippen LogP contribution < -0.4 is 0 Å². The van der Waals surface area contributed by atoms with Crippen LogP contribution in [0.25, 0.3) is 0 Å². The molecule has 2 nitrogen and oxygen atoms in total. The topological polar surface area (TPSA) is 17.8 Å². The van der Waals surface area contributed by atoms with Gasteiger partial charge in [0.05, 0.1) is 5.69 Å². The minimum Gasteiger partial charge on any atom is -0.335 e. The Hall–Kier alpha value is -0.440. The maximum absolute atomic E-state index is 4.27. The lowest BCUT2D eigenvalue weighted by Crippen LogP contribution is -1.92. The highest BCUT2D eigenvalue weighted by Crippen LogP contribution is 2.05. The molecule has 58 valence electrons. The van der Waals surface area contributed by atoms with Gasteiger partial charge >= 0.3 is 0 Å². The molecule has 0 unspecified atom stereocenters. The molecule has 0 saturated heterocycles. The van der Waals surface area contributed by atoms with Crippen molar-refractivity contribution in [3.63, 3.8) is 0 Å². The SMILES string of the molecule is Cc1nc(C)n(C)c1C.S. The Bertz CT molecular complexity index is 205. The fourth-order valence-corrected chi connectivity index (χ4v) is 0.884. The summed E-state index contributed by atoms with van der Waals surface area (Å²) in [4.78, 5) is 4.27. The van der Waals surface area contributed by atoms with Crippen LogP contribution in [0.4, 0.5) is 0 Å². The fraction of sp³-hybridized carbons (Fsp3) is 0.571. The molecule has 0 aliphatic carbocycles. The third kappa shape index (κ3) is 1.34. The number of aryl methyl sites for hydroxylation is 2. The maximum Gasteiger partial charge on any atom is 0.105 e. The molecule has 0 aliphatic rings. The predicted octanol–water partition coefficient (Wildman–Crippen LogP) is 1.46. The molecule has 1 aromatic rings. The number of nitrogens with zero attached hydrogens (tertiary/aromatic N) is 2. The average Bonchev–Trinajstić information content (AvgIpc) is 1.98. The van der Waals surface area contributed by atoms with Gasteiger partial charge in [-0.3, -0.25) is 0 Å². The number of hydrogen-bond acceptors (Lipinski definition) is 1. The van der Waals surface area contributed by atoms with Crippen molar-refractivity contribution in [1.82, 2.24) is 9.55 Å². The first-order valence-electron chi connectivity index (χ1n) is 3.09. The number of rotatable bonds is 0. The van der Waals surface area contributed by atoms with Crippen molar-refractivity contribution in [2.75, 3.05) is 0 Å². The van der Waals surface area contributed by atoms with Gasteiger partial charge in [-0.05, 0) is 20.8 Å². The second-order valence-corrected chi connectivity index (χ2v) is 2.39. The van der Waals surface area contributed by atoms with E-state index in [-0.39, 0.29) is 13.5 Å². The quantitative estimate of drug-likeness (QED) is 0.559. The zero-order valence-corrected chi connectivity index (χ0v) is 7.89. The number of hydrogen-bond donors (Lipinski definition) is 0. The molecule has 0 spiro atoms. The third-order valence-electron chi connectivity index (χ3n) is 1.84. The van der Waals surface area contributed by atoms with E-state index in [1.807, 2.05) is 20.9 Å². The van der Waals surface area contributed by atoms with Gasteiger partial charge in [-0.2, -0.15) is 13.5 Å². The molecule has 0 aliphatic heterocycles. The molecular formula is C7H14N2S. The zero-order chi connectivity index (χ0) is 7.02. The van der Waals surface area contributed by atoms with Crippen LogP contribution in [0, 0.1) is 20.8 Å². The number of aromatic nitrogens is 2. The maximum atomic E-state index is 4.27. The van der Waals surface area contributed by atoms with E-state index in [0.29, 0.717) is 0 Å². The van der Waals surface area contributed by atoms with E-state index in [9.17, 15) is 0 Å². The monoisotopic (exact) mass is 158 g/mol. The van der Waals surface area contributed by atoms with E-state index < -0.39 is 0 Å². The lowest BCUT2D eigenvalue weighted by molar-refractivity contribution is 0.827. The molecule has 0 amide bonds. The second-order valence-electron chi connectivity index (χ2n) is 2.39. The molecule has 1 heterocycles. The summed E-state index contributed by atoms with van der Waals surface area (Å²) in [5.41, 5.74) is 2.39. The highest BCUT2D eigenvalue weighted by molar-refractivity contribution is 7.59. The molecule has 0 saturated carbocycles. The van der Waals surface area contributed by atoms with Crippen molar-refractivity contribution in [3.05, 3.63) is 17.2 Å². The van der Waals surface area contributed by atoms with Crippen molar-refractivity contribution in [2.45, 2.75) is 20.8 Å². The molecule has 10 heavy (non-hydrogen) atoms. The van der Waals surface area contributed by atoms with Crippen molar-refractivity contribution >= 4 is 13.5 Å². The minimum absolute atomic E-state index is 0. The molecule has 1 aromatic heterocycles. The molecular weight excluding hydrogens is 144 g/mol. The molecule has 0 atom stereocenters. The minimum atomic E-state index is 0. The van der Waals surface area contributed by atoms with Crippen LogP contribution in [-0.2, 0) is 7.05 Å². The summed E-state index contributed by atoms with van der Waals surface area (Å²) in [6.07, 6.45) is 0. The lowest BCUT2D eigenvalue weighted by atomic mass is 10.4. The lowest BCUT2D eigenvalue weighted by Gasteiger charge is -1.94. The van der Waals surface area contributed by atoms with Gasteiger partial charge in [-0.15, -0.1) is 0 Å². The van der Waals surface area contributed by atoms with Gasteiger partial charge in [-0.1, -0.05) is 0 Å². The van der Waals surface area contributed by atoms with Crippen LogP contribution in [-0.4, -0.2) is 9.55 Å². The van der Waals surface area contributed by atoms with Crippen LogP contribution in [0.5, 0.6) is 0 Å². The molecule has 3 heteroatoms. The highest BCUT2D eigenvalue weighted by Gasteiger charge is 2.00. The van der Waals surface area contributed by atoms with E-state index in [1.165, 1.54) is 5.69 Å². The van der Waals surface area contributed by atoms with Gasteiger partial charge in [0, 0.05) is 12.7 Å². The first-order valence-corrected chi connectivity index (χ1v) is 3.09. The predicted molar refractivity (Wildman–Crippen MR) is 47.8 cm³/mol. The van der Waals surface area contributed by atoms with Gasteiger partial charge in [0.1, 0.15) is 5.82 Å². The van der Waals surface area contributed by atoms with Gasteiger partial charge in [0.25, 0.3) is 0 Å². The van der Waals surface area contributed by atoms with Crippen molar-refractivity contribution in [3.8, 4) is 0 Å². The van der Waals surface area contributed by atoms with Crippen LogP contribution >= 0.6 is 13.5 Å². The van der Waals surface area contributed by atoms with Gasteiger partial charge < -0.3 is 4.57 Å². The Morgan fingerprint density at radius 3 is 1.80 bits per heavy atom. The average molecular weight is 158 g/mol. The summed E-state index contributed by atoms with van der Waals surface area (Å²) in [7, 11) is 2.03. The Balaban J connectivity index is 0.000000810. The first-order chi connectivity index (χ1) is 4.13. The highest BCUT2D eigenvalue weighted by atomic mass is 32.1. The van der Waals surface area contributed by atoms with E-state index >= 15 is 0 Å². The molecule has 0 fully saturated rings. The summed E-state index contributed by atoms with van der Waals surface area (Å²) in [6.45, 7) is 6.12. The van der Waals surface area contributed by atoms with E-state index in [0.717, 1.165) is 11.5 Å². The van der Waals surface area contributed by atoms with Crippen LogP contribution in [0.1, 0.15) is 17.2 Å². The summed E-state index contributed by atoms with van der Waals surface area (Å²) >= 11 is 0. The van der Waals surface area contributed by atoms with E-state index in [2.05, 4.69) is 16.5 Å². The summed E-state index contributed by atoms with van der Waals surface area (Å²) in [5.74, 6) is 1.09. The van der Waals surface area contributed by atoms with Crippen molar-refractivity contribution in [1.29, 1.82) is 0 Å². The smallest absolute Gasteiger partial charge is 0.105 e. The molecule has 0 radical (unpaired) electrons. The Labute approximate surface area is 68.7 Å². The molecule has 0 aromatic carbocycles. The summed E-state index contributed by atoms with van der Waals surface area (Å²) in [6, 6.07) is 0. The molecule has 1 rings (SSSR count). The van der Waals surface area contributed by atoms with Crippen LogP contribution in [0.2, 0.25) is 0 Å². The van der Waals surface area contributed by atoms with Gasteiger partial charge in [-0.25, -0.2) is 4.98 Å². The molecule has 0 bridgehead atoms. The summed E-state index contributed by atoms with van der Waals surface area (Å²) in [5, 5.41) is 0. The van der Waals surface area contributed by atoms with Crippen molar-refractivity contribution in [2.24, 2.45) is 7.05 Å². The standard InChI is InChI=1S/C7H12N2.H2S/c1-5-6(2)9(4)7(3)8-5;/h1-4H3;1H2. The Kier molecular flexibility index (Phi) is 2.96. The third-order valence-corrected chi connectivity index (χ3v) is 1.84. The van der Waals surface area contributed by atoms with Gasteiger partial charge in [0.2, 0.25) is 0 Å². The van der Waals surface area contributed by atoms with Crippen LogP contribution in [0.3, 0.4) is 0 Å². The fourth-order valence-electron chi connectivity index (χ4n) is 0.884. The normalized spacial score (nSPS) is 9.20. The Morgan fingerprint density at radius 2 is 1.70 bits per heavy atom. The van der Waals surface area contributed by atoms with E-state index in [4.69, 9.17) is 0 Å². The largest absolute Gasteiger partial charge is 0.335 e. The Morgan fingerprint density at radius 1 is 1.20 bits per heavy atom. The molecule has 0 N–H and O–H groups in total. The first kappa shape index (κ1) is 9.56.